The van der Waals surface area contributed by atoms with Crippen LogP contribution in [0.3, 0.4) is 0 Å². The van der Waals surface area contributed by atoms with E-state index in [9.17, 15) is 0 Å². The van der Waals surface area contributed by atoms with Crippen LogP contribution in [0.25, 0.3) is 0 Å². The highest BCUT2D eigenvalue weighted by Gasteiger charge is 2.15. The van der Waals surface area contributed by atoms with Gasteiger partial charge in [0.2, 0.25) is 0 Å². The summed E-state index contributed by atoms with van der Waals surface area (Å²) in [6.07, 6.45) is 0. The van der Waals surface area contributed by atoms with Gasteiger partial charge in [-0.15, -0.1) is 0 Å². The van der Waals surface area contributed by atoms with Crippen molar-refractivity contribution in [1.29, 1.82) is 0 Å². The number of oxime groups is 1. The molecule has 0 saturated carbocycles. The summed E-state index contributed by atoms with van der Waals surface area (Å²) in [5.74, 6) is 0.638. The Morgan fingerprint density at radius 2 is 2.15 bits per heavy atom. The van der Waals surface area contributed by atoms with Crippen molar-refractivity contribution in [3.8, 4) is 0 Å². The monoisotopic (exact) mass is 279 g/mol. The molecule has 0 fully saturated rings. The first kappa shape index (κ1) is 16.3. The SMILES string of the molecule is COCCN(CC(C)C)c1cc(C)ccc1C(N)=NO. The molecule has 5 heteroatoms. The first-order chi connectivity index (χ1) is 9.49. The Morgan fingerprint density at radius 3 is 2.70 bits per heavy atom. The van der Waals surface area contributed by atoms with Gasteiger partial charge in [0.15, 0.2) is 5.84 Å². The zero-order valence-electron chi connectivity index (χ0n) is 12.8. The lowest BCUT2D eigenvalue weighted by Gasteiger charge is -2.28. The molecule has 0 bridgehead atoms. The molecule has 0 aromatic heterocycles. The highest BCUT2D eigenvalue weighted by molar-refractivity contribution is 6.02. The predicted molar refractivity (Wildman–Crippen MR) is 82.6 cm³/mol. The Bertz CT molecular complexity index is 458. The van der Waals surface area contributed by atoms with Gasteiger partial charge in [-0.05, 0) is 30.5 Å². The number of anilines is 1. The number of hydrogen-bond acceptors (Lipinski definition) is 4. The van der Waals surface area contributed by atoms with Gasteiger partial charge in [0.05, 0.1) is 6.61 Å². The van der Waals surface area contributed by atoms with Crippen molar-refractivity contribution in [2.45, 2.75) is 20.8 Å². The molecule has 5 nitrogen and oxygen atoms in total. The quantitative estimate of drug-likeness (QED) is 0.347. The van der Waals surface area contributed by atoms with E-state index < -0.39 is 0 Å². The van der Waals surface area contributed by atoms with Crippen LogP contribution in [0.2, 0.25) is 0 Å². The average Bonchev–Trinajstić information content (AvgIpc) is 2.42. The van der Waals surface area contributed by atoms with Gasteiger partial charge in [-0.1, -0.05) is 25.1 Å². The Morgan fingerprint density at radius 1 is 1.45 bits per heavy atom. The summed E-state index contributed by atoms with van der Waals surface area (Å²) >= 11 is 0. The molecule has 0 amide bonds. The van der Waals surface area contributed by atoms with Gasteiger partial charge in [0.25, 0.3) is 0 Å². The van der Waals surface area contributed by atoms with E-state index in [2.05, 4.69) is 30.0 Å². The molecule has 0 radical (unpaired) electrons. The molecule has 0 spiro atoms. The minimum Gasteiger partial charge on any atom is -0.409 e. The fourth-order valence-corrected chi connectivity index (χ4v) is 2.13. The molecule has 1 aromatic rings. The van der Waals surface area contributed by atoms with Crippen molar-refractivity contribution in [3.63, 3.8) is 0 Å². The van der Waals surface area contributed by atoms with Crippen LogP contribution < -0.4 is 10.6 Å². The molecule has 1 aromatic carbocycles. The maximum atomic E-state index is 8.94. The van der Waals surface area contributed by atoms with E-state index in [-0.39, 0.29) is 5.84 Å². The Hall–Kier alpha value is -1.75. The van der Waals surface area contributed by atoms with E-state index in [1.54, 1.807) is 7.11 Å². The maximum Gasteiger partial charge on any atom is 0.172 e. The largest absolute Gasteiger partial charge is 0.409 e. The Balaban J connectivity index is 3.18. The number of aryl methyl sites for hydroxylation is 1. The highest BCUT2D eigenvalue weighted by Crippen LogP contribution is 2.23. The molecule has 112 valence electrons. The molecule has 3 N–H and O–H groups in total. The second-order valence-electron chi connectivity index (χ2n) is 5.34. The molecular weight excluding hydrogens is 254 g/mol. The number of benzene rings is 1. The van der Waals surface area contributed by atoms with Crippen molar-refractivity contribution in [2.75, 3.05) is 31.7 Å². The molecule has 0 aliphatic heterocycles. The summed E-state index contributed by atoms with van der Waals surface area (Å²) in [6, 6.07) is 5.91. The number of nitrogens with zero attached hydrogens (tertiary/aromatic N) is 2. The van der Waals surface area contributed by atoms with Crippen LogP contribution in [0.4, 0.5) is 5.69 Å². The van der Waals surface area contributed by atoms with Crippen molar-refractivity contribution >= 4 is 11.5 Å². The fraction of sp³-hybridized carbons (Fsp3) is 0.533. The lowest BCUT2D eigenvalue weighted by atomic mass is 10.1. The van der Waals surface area contributed by atoms with Crippen molar-refractivity contribution < 1.29 is 9.94 Å². The maximum absolute atomic E-state index is 8.94. The molecular formula is C15H25N3O2. The Labute approximate surface area is 121 Å². The minimum atomic E-state index is 0.131. The number of nitrogens with two attached hydrogens (primary N) is 1. The number of methoxy groups -OCH3 is 1. The van der Waals surface area contributed by atoms with E-state index in [1.807, 2.05) is 19.1 Å². The first-order valence-corrected chi connectivity index (χ1v) is 6.82. The molecule has 0 atom stereocenters. The van der Waals surface area contributed by atoms with E-state index in [0.717, 1.165) is 29.9 Å². The third-order valence-electron chi connectivity index (χ3n) is 3.03. The third kappa shape index (κ3) is 4.42. The molecule has 0 unspecified atom stereocenters. The molecule has 0 aliphatic rings. The average molecular weight is 279 g/mol. The molecule has 0 aliphatic carbocycles. The van der Waals surface area contributed by atoms with E-state index >= 15 is 0 Å². The topological polar surface area (TPSA) is 71.1 Å². The number of rotatable bonds is 7. The highest BCUT2D eigenvalue weighted by atomic mass is 16.5. The van der Waals surface area contributed by atoms with Crippen LogP contribution in [0.5, 0.6) is 0 Å². The lowest BCUT2D eigenvalue weighted by Crippen LogP contribution is -2.33. The predicted octanol–water partition coefficient (Wildman–Crippen LogP) is 2.20. The molecule has 0 heterocycles. The van der Waals surface area contributed by atoms with Crippen molar-refractivity contribution in [3.05, 3.63) is 29.3 Å². The number of ether oxygens (including phenoxy) is 1. The van der Waals surface area contributed by atoms with Gasteiger partial charge < -0.3 is 20.6 Å². The second-order valence-corrected chi connectivity index (χ2v) is 5.34. The third-order valence-corrected chi connectivity index (χ3v) is 3.03. The standard InChI is InChI=1S/C15H25N3O2/c1-11(2)10-18(7-8-20-4)14-9-12(3)5-6-13(14)15(16)17-19/h5-6,9,11,19H,7-8,10H2,1-4H3,(H2,16,17). The summed E-state index contributed by atoms with van der Waals surface area (Å²) in [4.78, 5) is 2.22. The van der Waals surface area contributed by atoms with Gasteiger partial charge in [-0.25, -0.2) is 0 Å². The van der Waals surface area contributed by atoms with Gasteiger partial charge in [0.1, 0.15) is 0 Å². The van der Waals surface area contributed by atoms with Crippen LogP contribution in [0.15, 0.2) is 23.4 Å². The summed E-state index contributed by atoms with van der Waals surface area (Å²) in [5, 5.41) is 12.1. The Kier molecular flexibility index (Phi) is 6.31. The second kappa shape index (κ2) is 7.75. The van der Waals surface area contributed by atoms with Crippen molar-refractivity contribution in [2.24, 2.45) is 16.8 Å². The number of hydrogen-bond donors (Lipinski definition) is 2. The lowest BCUT2D eigenvalue weighted by molar-refractivity contribution is 0.204. The van der Waals surface area contributed by atoms with Crippen LogP contribution >= 0.6 is 0 Å². The van der Waals surface area contributed by atoms with Gasteiger partial charge in [0, 0.05) is 31.5 Å². The van der Waals surface area contributed by atoms with Crippen LogP contribution in [-0.2, 0) is 4.74 Å². The zero-order valence-corrected chi connectivity index (χ0v) is 12.8. The van der Waals surface area contributed by atoms with E-state index in [1.165, 1.54) is 0 Å². The first-order valence-electron chi connectivity index (χ1n) is 6.82. The summed E-state index contributed by atoms with van der Waals surface area (Å²) in [7, 11) is 1.69. The summed E-state index contributed by atoms with van der Waals surface area (Å²) in [6.45, 7) is 8.65. The summed E-state index contributed by atoms with van der Waals surface area (Å²) in [5.41, 5.74) is 8.65. The van der Waals surface area contributed by atoms with Crippen LogP contribution in [-0.4, -0.2) is 37.8 Å². The molecule has 20 heavy (non-hydrogen) atoms. The van der Waals surface area contributed by atoms with Gasteiger partial charge in [-0.2, -0.15) is 0 Å². The van der Waals surface area contributed by atoms with Gasteiger partial charge in [-0.3, -0.25) is 0 Å². The zero-order chi connectivity index (χ0) is 15.1. The summed E-state index contributed by atoms with van der Waals surface area (Å²) < 4.78 is 5.18. The molecule has 0 saturated heterocycles. The van der Waals surface area contributed by atoms with E-state index in [0.29, 0.717) is 12.5 Å². The number of amidine groups is 1. The fourth-order valence-electron chi connectivity index (χ4n) is 2.13. The van der Waals surface area contributed by atoms with Crippen LogP contribution in [0, 0.1) is 12.8 Å². The van der Waals surface area contributed by atoms with Gasteiger partial charge >= 0.3 is 0 Å². The smallest absolute Gasteiger partial charge is 0.172 e. The molecule has 1 rings (SSSR count). The van der Waals surface area contributed by atoms with Crippen LogP contribution in [0.1, 0.15) is 25.0 Å². The minimum absolute atomic E-state index is 0.131. The van der Waals surface area contributed by atoms with Crippen molar-refractivity contribution in [1.82, 2.24) is 0 Å². The van der Waals surface area contributed by atoms with E-state index in [4.69, 9.17) is 15.7 Å². The normalized spacial score (nSPS) is 11.9.